The lowest BCUT2D eigenvalue weighted by Crippen LogP contribution is -2.74. The Morgan fingerprint density at radius 2 is 0.483 bits per heavy atom. The summed E-state index contributed by atoms with van der Waals surface area (Å²) in [5, 5.41) is -9.02. The van der Waals surface area contributed by atoms with Crippen LogP contribution in [0.3, 0.4) is 0 Å². The number of rotatable bonds is 16. The summed E-state index contributed by atoms with van der Waals surface area (Å²) in [6.07, 6.45) is -12.7. The minimum atomic E-state index is -8.81. The molecule has 2 unspecified atom stereocenters. The number of hydrogen-bond acceptors (Lipinski definition) is 4. The highest BCUT2D eigenvalue weighted by Crippen LogP contribution is 2.68. The maximum absolute atomic E-state index is 14.5. The van der Waals surface area contributed by atoms with E-state index in [0.717, 1.165) is 0 Å². The first-order valence-electron chi connectivity index (χ1n) is 12.5. The highest BCUT2D eigenvalue weighted by Gasteiger charge is 2.94. The van der Waals surface area contributed by atoms with E-state index in [2.05, 4.69) is 116 Å². The average Bonchev–Trinajstić information content (AvgIpc) is 3.03. The van der Waals surface area contributed by atoms with Crippen LogP contribution < -0.4 is 0 Å². The highest BCUT2D eigenvalue weighted by molar-refractivity contribution is 6.66. The van der Waals surface area contributed by atoms with Gasteiger partial charge >= 0.3 is 83.5 Å². The summed E-state index contributed by atoms with van der Waals surface area (Å²) >= 11 is 45.6. The minimum absolute atomic E-state index is 1.93. The molecule has 0 spiro atoms. The van der Waals surface area contributed by atoms with Gasteiger partial charge in [-0.3, -0.25) is 0 Å². The normalized spacial score (nSPS) is 17.3. The molecule has 4 nitrogen and oxygen atoms in total. The monoisotopic (exact) mass is 1150 g/mol. The molecule has 0 fully saturated rings. The van der Waals surface area contributed by atoms with Crippen molar-refractivity contribution in [3.63, 3.8) is 0 Å². The largest absolute Gasteiger partial charge is 0.431 e. The van der Waals surface area contributed by atoms with Crippen LogP contribution in [0, 0.1) is 0 Å². The predicted molar refractivity (Wildman–Crippen MR) is 151 cm³/mol. The van der Waals surface area contributed by atoms with Gasteiger partial charge in [-0.05, 0) is 0 Å². The van der Waals surface area contributed by atoms with Gasteiger partial charge in [0.2, 0.25) is 8.67 Å². The Bertz CT molecular complexity index is 1500. The van der Waals surface area contributed by atoms with Gasteiger partial charge in [0.15, 0.2) is 19.4 Å². The van der Waals surface area contributed by atoms with Gasteiger partial charge in [0.25, 0.3) is 0 Å². The fraction of sp³-hybridized carbons (Fsp3) is 0.900. The van der Waals surface area contributed by atoms with Crippen LogP contribution in [-0.2, 0) is 19.4 Å². The Labute approximate surface area is 359 Å². The molecule has 0 radical (unpaired) electrons. The third-order valence-electron chi connectivity index (χ3n) is 6.70. The first kappa shape index (κ1) is 60.0. The summed E-state index contributed by atoms with van der Waals surface area (Å²) in [6.45, 7) is 0. The van der Waals surface area contributed by atoms with Crippen molar-refractivity contribution in [2.75, 3.05) is 0 Å². The minimum Gasteiger partial charge on any atom is -0.240 e. The summed E-state index contributed by atoms with van der Waals surface area (Å²) in [4.78, 5) is 26.5. The zero-order valence-electron chi connectivity index (χ0n) is 25.4. The maximum Gasteiger partial charge on any atom is 0.431 e. The van der Waals surface area contributed by atoms with Gasteiger partial charge in [0.1, 0.15) is 0 Å². The van der Waals surface area contributed by atoms with E-state index in [9.17, 15) is 124 Å². The molecule has 0 amide bonds. The van der Waals surface area contributed by atoms with Crippen LogP contribution in [0.2, 0.25) is 0 Å². The molecule has 0 saturated heterocycles. The zero-order chi connectivity index (χ0) is 49.7. The smallest absolute Gasteiger partial charge is 0.240 e. The quantitative estimate of drug-likeness (QED) is 0.0669. The Morgan fingerprint density at radius 3 is 0.650 bits per heavy atom. The first-order chi connectivity index (χ1) is 25.4. The molecule has 0 N–H and O–H groups in total. The van der Waals surface area contributed by atoms with Gasteiger partial charge in [-0.25, -0.2) is 19.4 Å². The van der Waals surface area contributed by atoms with Crippen molar-refractivity contribution in [1.82, 2.24) is 0 Å². The summed E-state index contributed by atoms with van der Waals surface area (Å²) < 4.78 is 340. The highest BCUT2D eigenvalue weighted by atomic mass is 35.6. The standard InChI is InChI=1S/C20H2Cl10F26O4/c21-1(9(35,36)37)5(23,24)11(27,28)15(45,46)19(53,54)17(49,50)13(41,42)7(31,32)3(57)59-60-4(58)8(33,34)14(43,44)18(51,52)20(55,56)16(47,48)12(29,30)6(25,26)2(22)10(38,39)40/h1-2H. The van der Waals surface area contributed by atoms with E-state index in [4.69, 9.17) is 0 Å². The fourth-order valence-corrected chi connectivity index (χ4v) is 5.59. The van der Waals surface area contributed by atoms with Crippen molar-refractivity contribution < 1.29 is 134 Å². The van der Waals surface area contributed by atoms with Crippen LogP contribution in [0.5, 0.6) is 0 Å². The number of alkyl halides is 36. The Kier molecular flexibility index (Phi) is 16.4. The molecule has 0 heterocycles. The third kappa shape index (κ3) is 8.49. The molecule has 0 saturated carbocycles. The zero-order valence-corrected chi connectivity index (χ0v) is 33.0. The lowest BCUT2D eigenvalue weighted by Gasteiger charge is -2.46. The Hall–Kier alpha value is 0.0200. The summed E-state index contributed by atoms with van der Waals surface area (Å²) in [7, 11) is 0. The van der Waals surface area contributed by atoms with Crippen LogP contribution in [0.1, 0.15) is 0 Å². The molecule has 0 aliphatic rings. The molecule has 0 rings (SSSR count). The predicted octanol–water partition coefficient (Wildman–Crippen LogP) is 13.4. The van der Waals surface area contributed by atoms with E-state index in [1.807, 2.05) is 9.78 Å². The van der Waals surface area contributed by atoms with Crippen LogP contribution in [0.25, 0.3) is 0 Å². The van der Waals surface area contributed by atoms with Gasteiger partial charge in [-0.1, -0.05) is 92.8 Å². The molecule has 0 aromatic heterocycles. The molecule has 2 atom stereocenters. The van der Waals surface area contributed by atoms with E-state index < -0.39 is 112 Å². The van der Waals surface area contributed by atoms with E-state index >= 15 is 0 Å². The van der Waals surface area contributed by atoms with Crippen molar-refractivity contribution in [1.29, 1.82) is 0 Å². The summed E-state index contributed by atoms with van der Waals surface area (Å²) in [5.41, 5.74) is 0. The van der Waals surface area contributed by atoms with Crippen LogP contribution in [0.4, 0.5) is 114 Å². The van der Waals surface area contributed by atoms with Crippen molar-refractivity contribution in [3.8, 4) is 0 Å². The van der Waals surface area contributed by atoms with E-state index in [-0.39, 0.29) is 0 Å². The molecule has 0 aromatic carbocycles. The van der Waals surface area contributed by atoms with Crippen molar-refractivity contribution in [3.05, 3.63) is 0 Å². The number of carbonyl (C=O) groups excluding carboxylic acids is 2. The molecule has 358 valence electrons. The molecular weight excluding hydrogens is 1150 g/mol. The maximum atomic E-state index is 14.5. The van der Waals surface area contributed by atoms with Gasteiger partial charge in [0, 0.05) is 0 Å². The van der Waals surface area contributed by atoms with Crippen molar-refractivity contribution in [2.45, 2.75) is 99.7 Å². The molecule has 0 aliphatic heterocycles. The topological polar surface area (TPSA) is 52.6 Å². The van der Waals surface area contributed by atoms with Crippen LogP contribution in [0.15, 0.2) is 0 Å². The van der Waals surface area contributed by atoms with E-state index in [1.165, 1.54) is 0 Å². The third-order valence-corrected chi connectivity index (χ3v) is 13.2. The first-order valence-corrected chi connectivity index (χ1v) is 16.4. The number of halogens is 36. The fourth-order valence-electron chi connectivity index (χ4n) is 3.16. The van der Waals surface area contributed by atoms with Crippen molar-refractivity contribution >= 4 is 128 Å². The second-order valence-electron chi connectivity index (χ2n) is 10.7. The number of hydrogen-bond donors (Lipinski definition) is 0. The van der Waals surface area contributed by atoms with Gasteiger partial charge in [-0.15, -0.1) is 23.2 Å². The van der Waals surface area contributed by atoms with Crippen LogP contribution >= 0.6 is 116 Å². The van der Waals surface area contributed by atoms with Gasteiger partial charge < -0.3 is 0 Å². The van der Waals surface area contributed by atoms with Gasteiger partial charge in [-0.2, -0.15) is 114 Å². The van der Waals surface area contributed by atoms with Crippen LogP contribution in [-0.4, -0.2) is 112 Å². The van der Waals surface area contributed by atoms with E-state index in [1.54, 1.807) is 0 Å². The summed E-state index contributed by atoms with van der Waals surface area (Å²) in [6, 6.07) is 0. The van der Waals surface area contributed by atoms with E-state index in [0.29, 0.717) is 0 Å². The summed E-state index contributed by atoms with van der Waals surface area (Å²) in [5.74, 6) is -94.7. The SMILES string of the molecule is O=C(OOC(=O)C(F)(F)C(F)(F)C(F)(F)C(F)(F)C(F)(F)C(Cl)(Cl)C(Cl)(Cl)C(Cl)C(F)(F)F)C(F)(F)C(F)(F)C(F)(F)C(F)(F)C(F)(F)C(Cl)(Cl)C(Cl)(Cl)C(Cl)C(F)(F)F. The van der Waals surface area contributed by atoms with Gasteiger partial charge in [0.05, 0.1) is 0 Å². The number of carbonyl (C=O) groups is 2. The molecule has 0 aromatic rings. The molecular formula is C20H2Cl10F26O4. The second-order valence-corrected chi connectivity index (χ2v) is 17.0. The Morgan fingerprint density at radius 1 is 0.317 bits per heavy atom. The molecule has 0 bridgehead atoms. The lowest BCUT2D eigenvalue weighted by molar-refractivity contribution is -0.408. The second kappa shape index (κ2) is 16.4. The van der Waals surface area contributed by atoms with Crippen molar-refractivity contribution in [2.24, 2.45) is 0 Å². The Balaban J connectivity index is 6.98. The molecule has 0 aliphatic carbocycles. The lowest BCUT2D eigenvalue weighted by atomic mass is 9.91. The average molecular weight is 1150 g/mol. The molecule has 40 heteroatoms. The molecule has 60 heavy (non-hydrogen) atoms.